The standard InChI is InChI=1S/C18H15ClN4O7S/c1-22(31(28,29)15-5-2-13(19)3-6-15)10-18(25)30-11-17(24)21-16-7-4-14(23(26)27)8-12(16)9-20/h2-8H,10-11H2,1H3,(H,21,24). The van der Waals surface area contributed by atoms with Gasteiger partial charge in [-0.05, 0) is 30.3 Å². The van der Waals surface area contributed by atoms with Gasteiger partial charge in [0.1, 0.15) is 12.6 Å². The van der Waals surface area contributed by atoms with Crippen LogP contribution in [-0.2, 0) is 24.3 Å². The van der Waals surface area contributed by atoms with Crippen LogP contribution in [0.1, 0.15) is 5.56 Å². The van der Waals surface area contributed by atoms with Crippen LogP contribution < -0.4 is 5.32 Å². The lowest BCUT2D eigenvalue weighted by Gasteiger charge is -2.16. The minimum Gasteiger partial charge on any atom is -0.455 e. The number of hydrogen-bond donors (Lipinski definition) is 1. The molecule has 31 heavy (non-hydrogen) atoms. The SMILES string of the molecule is CN(CC(=O)OCC(=O)Nc1ccc([N+](=O)[O-])cc1C#N)S(=O)(=O)c1ccc(Cl)cc1. The van der Waals surface area contributed by atoms with Gasteiger partial charge in [-0.25, -0.2) is 8.42 Å². The summed E-state index contributed by atoms with van der Waals surface area (Å²) in [5, 5.41) is 22.4. The zero-order chi connectivity index (χ0) is 23.2. The number of ether oxygens (including phenoxy) is 1. The van der Waals surface area contributed by atoms with Gasteiger partial charge in [-0.15, -0.1) is 0 Å². The van der Waals surface area contributed by atoms with Crippen molar-refractivity contribution in [2.24, 2.45) is 0 Å². The number of carbonyl (C=O) groups excluding carboxylic acids is 2. The van der Waals surface area contributed by atoms with Crippen LogP contribution in [0.4, 0.5) is 11.4 Å². The summed E-state index contributed by atoms with van der Waals surface area (Å²) in [5.74, 6) is -1.80. The van der Waals surface area contributed by atoms with Gasteiger partial charge in [-0.2, -0.15) is 9.57 Å². The molecule has 0 aliphatic carbocycles. The Morgan fingerprint density at radius 2 is 1.90 bits per heavy atom. The highest BCUT2D eigenvalue weighted by atomic mass is 35.5. The fourth-order valence-electron chi connectivity index (χ4n) is 2.28. The van der Waals surface area contributed by atoms with Crippen LogP contribution in [0.5, 0.6) is 0 Å². The Labute approximate surface area is 182 Å². The Bertz CT molecular complexity index is 1160. The maximum atomic E-state index is 12.4. The lowest BCUT2D eigenvalue weighted by molar-refractivity contribution is -0.384. The zero-order valence-electron chi connectivity index (χ0n) is 15.9. The molecule has 11 nitrogen and oxygen atoms in total. The summed E-state index contributed by atoms with van der Waals surface area (Å²) < 4.78 is 30.4. The van der Waals surface area contributed by atoms with Crippen LogP contribution in [0.3, 0.4) is 0 Å². The molecule has 162 valence electrons. The van der Waals surface area contributed by atoms with E-state index in [-0.39, 0.29) is 21.8 Å². The molecule has 1 N–H and O–H groups in total. The average molecular weight is 467 g/mol. The molecule has 0 aliphatic rings. The first-order valence-electron chi connectivity index (χ1n) is 8.40. The molecule has 2 aromatic carbocycles. The van der Waals surface area contributed by atoms with Crippen molar-refractivity contribution < 1.29 is 27.7 Å². The number of esters is 1. The highest BCUT2D eigenvalue weighted by Crippen LogP contribution is 2.21. The van der Waals surface area contributed by atoms with Gasteiger partial charge in [0.05, 0.1) is 21.1 Å². The van der Waals surface area contributed by atoms with Crippen LogP contribution in [0.2, 0.25) is 5.02 Å². The van der Waals surface area contributed by atoms with Crippen molar-refractivity contribution >= 4 is 44.9 Å². The molecule has 0 spiro atoms. The number of nitrogens with one attached hydrogen (secondary N) is 1. The van der Waals surface area contributed by atoms with Gasteiger partial charge in [0.25, 0.3) is 11.6 Å². The fourth-order valence-corrected chi connectivity index (χ4v) is 3.52. The van der Waals surface area contributed by atoms with Gasteiger partial charge < -0.3 is 10.1 Å². The summed E-state index contributed by atoms with van der Waals surface area (Å²) in [4.78, 5) is 33.9. The quantitative estimate of drug-likeness (QED) is 0.350. The highest BCUT2D eigenvalue weighted by Gasteiger charge is 2.24. The number of nitrogens with zero attached hydrogens (tertiary/aromatic N) is 3. The third kappa shape index (κ3) is 6.22. The number of nitriles is 1. The van der Waals surface area contributed by atoms with E-state index in [1.807, 2.05) is 0 Å². The molecule has 0 fully saturated rings. The molecule has 0 heterocycles. The minimum absolute atomic E-state index is 0.00316. The predicted octanol–water partition coefficient (Wildman–Crippen LogP) is 1.92. The summed E-state index contributed by atoms with van der Waals surface area (Å²) in [6.07, 6.45) is 0. The number of nitro groups is 1. The highest BCUT2D eigenvalue weighted by molar-refractivity contribution is 7.89. The Morgan fingerprint density at radius 1 is 1.26 bits per heavy atom. The Morgan fingerprint density at radius 3 is 2.48 bits per heavy atom. The van der Waals surface area contributed by atoms with Gasteiger partial charge in [0.2, 0.25) is 10.0 Å². The Hall–Kier alpha value is -3.53. The number of halogens is 1. The number of anilines is 1. The van der Waals surface area contributed by atoms with Gasteiger partial charge in [-0.3, -0.25) is 19.7 Å². The molecular weight excluding hydrogens is 452 g/mol. The lowest BCUT2D eigenvalue weighted by atomic mass is 10.1. The van der Waals surface area contributed by atoms with Crippen molar-refractivity contribution in [1.82, 2.24) is 4.31 Å². The van der Waals surface area contributed by atoms with E-state index in [0.717, 1.165) is 16.4 Å². The lowest BCUT2D eigenvalue weighted by Crippen LogP contribution is -2.34. The summed E-state index contributed by atoms with van der Waals surface area (Å²) in [5.41, 5.74) is -0.481. The van der Waals surface area contributed by atoms with E-state index >= 15 is 0 Å². The molecule has 0 aliphatic heterocycles. The molecule has 0 bridgehead atoms. The molecule has 0 unspecified atom stereocenters. The van der Waals surface area contributed by atoms with Crippen LogP contribution in [0, 0.1) is 21.4 Å². The maximum Gasteiger partial charge on any atom is 0.321 e. The van der Waals surface area contributed by atoms with Crippen LogP contribution >= 0.6 is 11.6 Å². The van der Waals surface area contributed by atoms with Crippen molar-refractivity contribution in [1.29, 1.82) is 5.26 Å². The smallest absolute Gasteiger partial charge is 0.321 e. The Kier molecular flexibility index (Phi) is 7.65. The van der Waals surface area contributed by atoms with Crippen molar-refractivity contribution in [3.05, 3.63) is 63.2 Å². The monoisotopic (exact) mass is 466 g/mol. The second-order valence-corrected chi connectivity index (χ2v) is 8.50. The van der Waals surface area contributed by atoms with E-state index in [0.29, 0.717) is 5.02 Å². The fraction of sp³-hybridized carbons (Fsp3) is 0.167. The number of hydrogen-bond acceptors (Lipinski definition) is 8. The van der Waals surface area contributed by atoms with Crippen LogP contribution in [0.25, 0.3) is 0 Å². The van der Waals surface area contributed by atoms with Crippen LogP contribution in [-0.4, -0.2) is 49.7 Å². The van der Waals surface area contributed by atoms with E-state index in [1.54, 1.807) is 6.07 Å². The molecule has 0 saturated heterocycles. The molecule has 13 heteroatoms. The third-order valence-electron chi connectivity index (χ3n) is 3.85. The summed E-state index contributed by atoms with van der Waals surface area (Å²) in [7, 11) is -2.81. The van der Waals surface area contributed by atoms with E-state index in [2.05, 4.69) is 5.32 Å². The summed E-state index contributed by atoms with van der Waals surface area (Å²) in [6.45, 7) is -1.41. The molecule has 0 atom stereocenters. The van der Waals surface area contributed by atoms with E-state index in [9.17, 15) is 28.1 Å². The zero-order valence-corrected chi connectivity index (χ0v) is 17.5. The number of benzene rings is 2. The average Bonchev–Trinajstić information content (AvgIpc) is 2.72. The molecule has 0 aromatic heterocycles. The second-order valence-electron chi connectivity index (χ2n) is 6.02. The number of amides is 1. The molecular formula is C18H15ClN4O7S. The van der Waals surface area contributed by atoms with Gasteiger partial charge in [0.15, 0.2) is 6.61 Å². The third-order valence-corrected chi connectivity index (χ3v) is 5.92. The van der Waals surface area contributed by atoms with Gasteiger partial charge in [-0.1, -0.05) is 11.6 Å². The number of rotatable bonds is 8. The molecule has 0 saturated carbocycles. The first kappa shape index (κ1) is 23.7. The first-order chi connectivity index (χ1) is 14.5. The molecule has 1 amide bonds. The Balaban J connectivity index is 1.94. The van der Waals surface area contributed by atoms with Crippen LogP contribution in [0.15, 0.2) is 47.4 Å². The molecule has 2 aromatic rings. The second kappa shape index (κ2) is 9.98. The van der Waals surface area contributed by atoms with Gasteiger partial charge in [0, 0.05) is 24.2 Å². The van der Waals surface area contributed by atoms with Crippen molar-refractivity contribution in [3.63, 3.8) is 0 Å². The number of non-ortho nitro benzene ring substituents is 1. The van der Waals surface area contributed by atoms with Crippen molar-refractivity contribution in [2.75, 3.05) is 25.5 Å². The van der Waals surface area contributed by atoms with E-state index < -0.39 is 40.0 Å². The number of carbonyl (C=O) groups is 2. The molecule has 0 radical (unpaired) electrons. The number of likely N-dealkylation sites (N-methyl/N-ethyl adjacent to an activating group) is 1. The van der Waals surface area contributed by atoms with E-state index in [4.69, 9.17) is 21.6 Å². The van der Waals surface area contributed by atoms with E-state index in [1.165, 1.54) is 37.4 Å². The molecule has 2 rings (SSSR count). The van der Waals surface area contributed by atoms with Crippen molar-refractivity contribution in [3.8, 4) is 6.07 Å². The van der Waals surface area contributed by atoms with Crippen molar-refractivity contribution in [2.45, 2.75) is 4.90 Å². The minimum atomic E-state index is -3.98. The largest absolute Gasteiger partial charge is 0.455 e. The number of sulfonamides is 1. The topological polar surface area (TPSA) is 160 Å². The number of nitro benzene ring substituents is 1. The van der Waals surface area contributed by atoms with Gasteiger partial charge >= 0.3 is 5.97 Å². The predicted molar refractivity (Wildman–Crippen MR) is 109 cm³/mol. The normalized spacial score (nSPS) is 10.9. The first-order valence-corrected chi connectivity index (χ1v) is 10.2. The maximum absolute atomic E-state index is 12.4. The summed E-state index contributed by atoms with van der Waals surface area (Å²) in [6, 6.07) is 10.3. The summed E-state index contributed by atoms with van der Waals surface area (Å²) >= 11 is 5.73.